The largest absolute Gasteiger partial charge is 0.467 e. The fraction of sp³-hybridized carbons (Fsp3) is 0.444. The molecule has 1 aromatic carbocycles. The number of hydrogen-bond acceptors (Lipinski definition) is 14. The first-order valence-corrected chi connectivity index (χ1v) is 13.4. The maximum atomic E-state index is 13.7. The number of carbonyl (C=O) groups is 3. The molecule has 0 bridgehead atoms. The van der Waals surface area contributed by atoms with E-state index in [9.17, 15) is 38.9 Å². The summed E-state index contributed by atoms with van der Waals surface area (Å²) in [4.78, 5) is 56.5. The number of hydrogen-bond donors (Lipinski definition) is 5. The van der Waals surface area contributed by atoms with Crippen LogP contribution in [0.25, 0.3) is 0 Å². The highest BCUT2D eigenvalue weighted by molar-refractivity contribution is 5.95. The van der Waals surface area contributed by atoms with E-state index in [1.54, 1.807) is 0 Å². The standard InChI is InChI=1S/C27H31FN6O11/c1-11-32-33-22(43-11)21(39)31-27(2,3)26-30-14(20(38)29-10-12-6-8-13(28)9-7-12)18(23(40)34(26)4)44-25-17(37)15(35)16(36)19(45-25)24(41)42-5/h6-9,15-17,19,25,35-37H,10H2,1-5H3,(H,29,38)(H,31,39)/t15?,16-,17?,19-,25+/m0/s1. The summed E-state index contributed by atoms with van der Waals surface area (Å²) < 4.78 is 34.9. The van der Waals surface area contributed by atoms with Gasteiger partial charge in [-0.1, -0.05) is 12.1 Å². The van der Waals surface area contributed by atoms with Gasteiger partial charge in [-0.3, -0.25) is 19.0 Å². The summed E-state index contributed by atoms with van der Waals surface area (Å²) in [6.07, 6.45) is -9.70. The molecule has 5 atom stereocenters. The SMILES string of the molecule is COC(=O)[C@H]1O[C@@H](Oc2c(C(=O)NCc3ccc(F)cc3)nc(C(C)(C)NC(=O)c3nnc(C)o3)n(C)c2=O)C(O)C(O)[C@@H]1O. The molecule has 2 unspecified atom stereocenters. The molecule has 3 aromatic rings. The summed E-state index contributed by atoms with van der Waals surface area (Å²) in [7, 11) is 2.25. The van der Waals surface area contributed by atoms with E-state index in [-0.39, 0.29) is 24.2 Å². The molecular formula is C27H31FN6O11. The highest BCUT2D eigenvalue weighted by Gasteiger charge is 2.49. The number of aliphatic hydroxyl groups excluding tert-OH is 3. The predicted octanol–water partition coefficient (Wildman–Crippen LogP) is -1.43. The molecule has 2 aromatic heterocycles. The number of ether oxygens (including phenoxy) is 3. The van der Waals surface area contributed by atoms with Crippen molar-refractivity contribution < 1.29 is 52.7 Å². The van der Waals surface area contributed by atoms with Crippen molar-refractivity contribution in [2.45, 2.75) is 63.6 Å². The molecule has 0 aliphatic carbocycles. The van der Waals surface area contributed by atoms with Crippen LogP contribution in [-0.4, -0.2) is 90.7 Å². The number of nitrogens with zero attached hydrogens (tertiary/aromatic N) is 4. The Morgan fingerprint density at radius 2 is 1.73 bits per heavy atom. The van der Waals surface area contributed by atoms with Crippen LogP contribution < -0.4 is 20.9 Å². The third kappa shape index (κ3) is 6.98. The van der Waals surface area contributed by atoms with Gasteiger partial charge in [0.05, 0.1) is 12.6 Å². The van der Waals surface area contributed by atoms with Crippen LogP contribution in [0.2, 0.25) is 0 Å². The van der Waals surface area contributed by atoms with E-state index in [0.29, 0.717) is 5.56 Å². The van der Waals surface area contributed by atoms with Gasteiger partial charge in [-0.2, -0.15) is 0 Å². The number of aryl methyl sites for hydroxylation is 1. The van der Waals surface area contributed by atoms with E-state index in [1.165, 1.54) is 52.1 Å². The summed E-state index contributed by atoms with van der Waals surface area (Å²) >= 11 is 0. The fourth-order valence-electron chi connectivity index (χ4n) is 4.42. The zero-order valence-corrected chi connectivity index (χ0v) is 24.7. The average Bonchev–Trinajstić information content (AvgIpc) is 3.44. The van der Waals surface area contributed by atoms with Crippen molar-refractivity contribution in [3.63, 3.8) is 0 Å². The molecule has 0 radical (unpaired) electrons. The molecule has 0 spiro atoms. The smallest absolute Gasteiger partial charge is 0.337 e. The maximum Gasteiger partial charge on any atom is 0.337 e. The van der Waals surface area contributed by atoms with Crippen LogP contribution >= 0.6 is 0 Å². The second kappa shape index (κ2) is 13.1. The molecule has 5 N–H and O–H groups in total. The van der Waals surface area contributed by atoms with E-state index in [1.807, 2.05) is 0 Å². The van der Waals surface area contributed by atoms with Crippen molar-refractivity contribution in [2.24, 2.45) is 7.05 Å². The lowest BCUT2D eigenvalue weighted by atomic mass is 9.99. The lowest BCUT2D eigenvalue weighted by Gasteiger charge is -2.38. The third-order valence-corrected chi connectivity index (χ3v) is 6.77. The number of halogens is 1. The number of aliphatic hydroxyl groups is 3. The first-order valence-electron chi connectivity index (χ1n) is 13.4. The molecule has 4 rings (SSSR count). The lowest BCUT2D eigenvalue weighted by molar-refractivity contribution is -0.272. The monoisotopic (exact) mass is 634 g/mol. The summed E-state index contributed by atoms with van der Waals surface area (Å²) in [5.74, 6) is -4.56. The first-order chi connectivity index (χ1) is 21.1. The van der Waals surface area contributed by atoms with E-state index >= 15 is 0 Å². The number of amides is 2. The van der Waals surface area contributed by atoms with Crippen molar-refractivity contribution in [1.82, 2.24) is 30.4 Å². The summed E-state index contributed by atoms with van der Waals surface area (Å²) in [6, 6.07) is 5.19. The molecule has 0 saturated carbocycles. The van der Waals surface area contributed by atoms with Crippen molar-refractivity contribution >= 4 is 17.8 Å². The molecule has 1 aliphatic rings. The van der Waals surface area contributed by atoms with E-state index < -0.39 is 76.8 Å². The summed E-state index contributed by atoms with van der Waals surface area (Å²) in [5, 5.41) is 43.5. The van der Waals surface area contributed by atoms with E-state index in [0.717, 1.165) is 11.7 Å². The molecule has 45 heavy (non-hydrogen) atoms. The van der Waals surface area contributed by atoms with Crippen LogP contribution in [0, 0.1) is 12.7 Å². The molecule has 1 fully saturated rings. The summed E-state index contributed by atoms with van der Waals surface area (Å²) in [5.41, 5.74) is -2.62. The topological polar surface area (TPSA) is 237 Å². The summed E-state index contributed by atoms with van der Waals surface area (Å²) in [6.45, 7) is 4.29. The highest BCUT2D eigenvalue weighted by Crippen LogP contribution is 2.27. The quantitative estimate of drug-likeness (QED) is 0.170. The number of carbonyl (C=O) groups excluding carboxylic acids is 3. The van der Waals surface area contributed by atoms with Crippen LogP contribution in [0.15, 0.2) is 33.5 Å². The van der Waals surface area contributed by atoms with E-state index in [4.69, 9.17) is 13.9 Å². The lowest BCUT2D eigenvalue weighted by Crippen LogP contribution is -2.61. The number of aromatic nitrogens is 4. The van der Waals surface area contributed by atoms with Crippen LogP contribution in [0.1, 0.15) is 52.3 Å². The molecule has 1 aliphatic heterocycles. The Labute approximate surface area is 253 Å². The number of methoxy groups -OCH3 is 1. The molecule has 1 saturated heterocycles. The van der Waals surface area contributed by atoms with E-state index in [2.05, 4.69) is 30.6 Å². The van der Waals surface area contributed by atoms with Crippen LogP contribution in [-0.2, 0) is 33.4 Å². The van der Waals surface area contributed by atoms with Gasteiger partial charge in [0, 0.05) is 20.5 Å². The first kappa shape index (κ1) is 33.1. The second-order valence-electron chi connectivity index (χ2n) is 10.5. The Bertz CT molecular complexity index is 1640. The Hall–Kier alpha value is -4.78. The van der Waals surface area contributed by atoms with Gasteiger partial charge in [-0.05, 0) is 31.5 Å². The average molecular weight is 635 g/mol. The minimum absolute atomic E-state index is 0.129. The number of nitrogens with one attached hydrogen (secondary N) is 2. The number of esters is 1. The zero-order chi connectivity index (χ0) is 33.2. The highest BCUT2D eigenvalue weighted by atomic mass is 19.1. The van der Waals surface area contributed by atoms with Gasteiger partial charge in [0.2, 0.25) is 17.9 Å². The molecule has 17 nitrogen and oxygen atoms in total. The molecular weight excluding hydrogens is 603 g/mol. The van der Waals surface area contributed by atoms with Crippen molar-refractivity contribution in [2.75, 3.05) is 7.11 Å². The molecule has 18 heteroatoms. The third-order valence-electron chi connectivity index (χ3n) is 6.77. The maximum absolute atomic E-state index is 13.7. The van der Waals surface area contributed by atoms with Gasteiger partial charge >= 0.3 is 17.8 Å². The van der Waals surface area contributed by atoms with Crippen molar-refractivity contribution in [1.29, 1.82) is 0 Å². The van der Waals surface area contributed by atoms with Crippen molar-refractivity contribution in [3.8, 4) is 5.75 Å². The minimum atomic E-state index is -2.01. The van der Waals surface area contributed by atoms with Crippen LogP contribution in [0.4, 0.5) is 4.39 Å². The number of benzene rings is 1. The van der Waals surface area contributed by atoms with Gasteiger partial charge in [0.25, 0.3) is 11.5 Å². The fourth-order valence-corrected chi connectivity index (χ4v) is 4.42. The normalized spacial score (nSPS) is 21.6. The Morgan fingerprint density at radius 3 is 2.33 bits per heavy atom. The van der Waals surface area contributed by atoms with Gasteiger partial charge in [-0.15, -0.1) is 10.2 Å². The molecule has 242 valence electrons. The Balaban J connectivity index is 1.74. The van der Waals surface area contributed by atoms with Crippen LogP contribution in [0.3, 0.4) is 0 Å². The van der Waals surface area contributed by atoms with Gasteiger partial charge in [0.15, 0.2) is 11.8 Å². The second-order valence-corrected chi connectivity index (χ2v) is 10.5. The van der Waals surface area contributed by atoms with Gasteiger partial charge < -0.3 is 44.6 Å². The molecule has 2 amide bonds. The van der Waals surface area contributed by atoms with Crippen molar-refractivity contribution in [3.05, 3.63) is 69.3 Å². The zero-order valence-electron chi connectivity index (χ0n) is 24.7. The Kier molecular flexibility index (Phi) is 9.62. The van der Waals surface area contributed by atoms with Gasteiger partial charge in [0.1, 0.15) is 30.0 Å². The minimum Gasteiger partial charge on any atom is -0.467 e. The molecule has 3 heterocycles. The number of rotatable bonds is 9. The van der Waals surface area contributed by atoms with Gasteiger partial charge in [-0.25, -0.2) is 14.2 Å². The van der Waals surface area contributed by atoms with Crippen LogP contribution in [0.5, 0.6) is 5.75 Å². The predicted molar refractivity (Wildman–Crippen MR) is 146 cm³/mol. The Morgan fingerprint density at radius 1 is 1.07 bits per heavy atom.